The molecule has 0 atom stereocenters. The fourth-order valence-corrected chi connectivity index (χ4v) is 3.52. The molecule has 0 amide bonds. The molecule has 148 valence electrons. The number of aromatic nitrogens is 3. The highest BCUT2D eigenvalue weighted by Crippen LogP contribution is 2.24. The Morgan fingerprint density at radius 1 is 0.862 bits per heavy atom. The minimum absolute atomic E-state index is 0.499. The fraction of sp³-hybridized carbons (Fsp3) is 0.143. The van der Waals surface area contributed by atoms with Crippen LogP contribution in [-0.2, 0) is 10.0 Å². The van der Waals surface area contributed by atoms with E-state index in [9.17, 15) is 8.42 Å². The first kappa shape index (κ1) is 18.9. The smallest absolute Gasteiger partial charge is 0.247 e. The van der Waals surface area contributed by atoms with Gasteiger partial charge in [0.1, 0.15) is 0 Å². The summed E-state index contributed by atoms with van der Waals surface area (Å²) in [4.78, 5) is 4.53. The lowest BCUT2D eigenvalue weighted by Crippen LogP contribution is -2.22. The largest absolute Gasteiger partial charge is 0.323 e. The maximum absolute atomic E-state index is 12.0. The Kier molecular flexibility index (Phi) is 4.94. The molecule has 0 saturated heterocycles. The molecule has 0 unspecified atom stereocenters. The monoisotopic (exact) mass is 407 g/mol. The van der Waals surface area contributed by atoms with Crippen LogP contribution < -0.4 is 10.0 Å². The van der Waals surface area contributed by atoms with E-state index in [1.807, 2.05) is 60.7 Å². The molecule has 2 heterocycles. The summed E-state index contributed by atoms with van der Waals surface area (Å²) in [5.41, 5.74) is 3.91. The van der Waals surface area contributed by atoms with Gasteiger partial charge in [0.05, 0.1) is 10.9 Å². The molecule has 0 radical (unpaired) electrons. The van der Waals surface area contributed by atoms with Crippen LogP contribution in [0.2, 0.25) is 0 Å². The summed E-state index contributed by atoms with van der Waals surface area (Å²) in [5.74, 6) is 0.505. The van der Waals surface area contributed by atoms with E-state index >= 15 is 0 Å². The Morgan fingerprint density at radius 2 is 1.59 bits per heavy atom. The molecule has 7 nitrogen and oxygen atoms in total. The quantitative estimate of drug-likeness (QED) is 0.498. The lowest BCUT2D eigenvalue weighted by atomic mass is 10.1. The van der Waals surface area contributed by atoms with Crippen molar-refractivity contribution in [3.05, 3.63) is 72.8 Å². The van der Waals surface area contributed by atoms with E-state index in [1.165, 1.54) is 0 Å². The van der Waals surface area contributed by atoms with Crippen molar-refractivity contribution in [3.8, 4) is 11.3 Å². The van der Waals surface area contributed by atoms with Gasteiger partial charge >= 0.3 is 0 Å². The van der Waals surface area contributed by atoms with Crippen LogP contribution in [0.3, 0.4) is 0 Å². The predicted octanol–water partition coefficient (Wildman–Crippen LogP) is 4.29. The summed E-state index contributed by atoms with van der Waals surface area (Å²) in [7, 11) is -3.38. The minimum atomic E-state index is -3.38. The van der Waals surface area contributed by atoms with Gasteiger partial charge in [0, 0.05) is 16.9 Å². The number of anilines is 3. The molecule has 29 heavy (non-hydrogen) atoms. The molecular formula is C21H21N5O2S. The van der Waals surface area contributed by atoms with Crippen LogP contribution in [0, 0.1) is 0 Å². The number of sulfonamides is 1. The van der Waals surface area contributed by atoms with E-state index in [2.05, 4.69) is 20.1 Å². The zero-order chi connectivity index (χ0) is 20.4. The summed E-state index contributed by atoms with van der Waals surface area (Å²) >= 11 is 0. The number of nitrogens with one attached hydrogen (secondary N) is 2. The normalized spacial score (nSPS) is 11.7. The number of pyridine rings is 1. The van der Waals surface area contributed by atoms with Gasteiger partial charge < -0.3 is 5.32 Å². The number of hydrogen-bond donors (Lipinski definition) is 2. The molecule has 0 aliphatic carbocycles. The summed E-state index contributed by atoms with van der Waals surface area (Å²) in [6.07, 6.45) is 0. The average molecular weight is 407 g/mol. The Bertz CT molecular complexity index is 1230. The fourth-order valence-electron chi connectivity index (χ4n) is 2.82. The second-order valence-corrected chi connectivity index (χ2v) is 9.12. The number of hydrogen-bond acceptors (Lipinski definition) is 5. The zero-order valence-electron chi connectivity index (χ0n) is 16.1. The summed E-state index contributed by atoms with van der Waals surface area (Å²) in [5, 5.41) is 7.27. The van der Waals surface area contributed by atoms with E-state index < -0.39 is 15.3 Å². The highest BCUT2D eigenvalue weighted by molar-refractivity contribution is 7.93. The molecular weight excluding hydrogens is 386 g/mol. The molecule has 0 fully saturated rings. The molecule has 4 aromatic rings. The van der Waals surface area contributed by atoms with Crippen LogP contribution in [0.5, 0.6) is 0 Å². The van der Waals surface area contributed by atoms with Crippen molar-refractivity contribution in [2.45, 2.75) is 19.1 Å². The summed E-state index contributed by atoms with van der Waals surface area (Å²) in [6.45, 7) is 3.28. The zero-order valence-corrected chi connectivity index (χ0v) is 16.9. The molecule has 0 aliphatic heterocycles. The Morgan fingerprint density at radius 3 is 2.28 bits per heavy atom. The maximum atomic E-state index is 12.0. The molecule has 0 aliphatic rings. The highest BCUT2D eigenvalue weighted by atomic mass is 32.2. The number of fused-ring (bicyclic) bond motifs is 1. The van der Waals surface area contributed by atoms with E-state index in [4.69, 9.17) is 0 Å². The van der Waals surface area contributed by atoms with Gasteiger partial charge in [-0.1, -0.05) is 36.4 Å². The van der Waals surface area contributed by atoms with Crippen molar-refractivity contribution in [1.82, 2.24) is 14.6 Å². The molecule has 2 aromatic carbocycles. The molecule has 2 N–H and O–H groups in total. The SMILES string of the molecule is CC(C)S(=O)(=O)Nc1ccc(-c2cccc3nc(Nc4ccccc4)nn23)cc1. The van der Waals surface area contributed by atoms with Gasteiger partial charge in [0.15, 0.2) is 5.65 Å². The average Bonchev–Trinajstić information content (AvgIpc) is 3.11. The van der Waals surface area contributed by atoms with E-state index in [-0.39, 0.29) is 0 Å². The summed E-state index contributed by atoms with van der Waals surface area (Å²) in [6, 6.07) is 22.7. The molecule has 0 bridgehead atoms. The lowest BCUT2D eigenvalue weighted by molar-refractivity contribution is 0.593. The number of benzene rings is 2. The van der Waals surface area contributed by atoms with Crippen LogP contribution in [0.1, 0.15) is 13.8 Å². The van der Waals surface area contributed by atoms with Crippen molar-refractivity contribution in [3.63, 3.8) is 0 Å². The van der Waals surface area contributed by atoms with Crippen LogP contribution in [0.4, 0.5) is 17.3 Å². The van der Waals surface area contributed by atoms with Gasteiger partial charge in [-0.05, 0) is 50.2 Å². The Balaban J connectivity index is 1.64. The highest BCUT2D eigenvalue weighted by Gasteiger charge is 2.15. The van der Waals surface area contributed by atoms with Crippen molar-refractivity contribution in [2.75, 3.05) is 10.0 Å². The maximum Gasteiger partial charge on any atom is 0.247 e. The van der Waals surface area contributed by atoms with Crippen LogP contribution in [0.25, 0.3) is 16.9 Å². The molecule has 2 aromatic heterocycles. The van der Waals surface area contributed by atoms with Crippen molar-refractivity contribution < 1.29 is 8.42 Å². The van der Waals surface area contributed by atoms with Crippen molar-refractivity contribution in [2.24, 2.45) is 0 Å². The second-order valence-electron chi connectivity index (χ2n) is 6.88. The van der Waals surface area contributed by atoms with E-state index in [0.717, 1.165) is 16.9 Å². The Hall–Kier alpha value is -3.39. The minimum Gasteiger partial charge on any atom is -0.323 e. The third-order valence-corrected chi connectivity index (χ3v) is 6.21. The standard InChI is InChI=1S/C21H21N5O2S/c1-15(2)29(27,28)25-18-13-11-16(12-14-18)19-9-6-10-20-23-21(24-26(19)20)22-17-7-4-3-5-8-17/h3-15,25H,1-2H3,(H,22,24). The van der Waals surface area contributed by atoms with Crippen molar-refractivity contribution >= 4 is 33.0 Å². The van der Waals surface area contributed by atoms with Crippen LogP contribution >= 0.6 is 0 Å². The first-order valence-electron chi connectivity index (χ1n) is 9.22. The predicted molar refractivity (Wildman–Crippen MR) is 116 cm³/mol. The van der Waals surface area contributed by atoms with Crippen LogP contribution in [0.15, 0.2) is 72.8 Å². The second kappa shape index (κ2) is 7.56. The first-order valence-corrected chi connectivity index (χ1v) is 10.8. The van der Waals surface area contributed by atoms with Crippen LogP contribution in [-0.4, -0.2) is 28.3 Å². The third kappa shape index (κ3) is 4.07. The first-order chi connectivity index (χ1) is 13.9. The van der Waals surface area contributed by atoms with Gasteiger partial charge in [-0.3, -0.25) is 4.72 Å². The topological polar surface area (TPSA) is 88.4 Å². The molecule has 4 rings (SSSR count). The summed E-state index contributed by atoms with van der Waals surface area (Å²) < 4.78 is 28.4. The van der Waals surface area contributed by atoms with Gasteiger partial charge in [0.25, 0.3) is 0 Å². The van der Waals surface area contributed by atoms with Crippen molar-refractivity contribution in [1.29, 1.82) is 0 Å². The number of rotatable bonds is 6. The number of nitrogens with zero attached hydrogens (tertiary/aromatic N) is 3. The Labute approximate surface area is 169 Å². The molecule has 0 saturated carbocycles. The van der Waals surface area contributed by atoms with Gasteiger partial charge in [-0.25, -0.2) is 12.9 Å². The lowest BCUT2D eigenvalue weighted by Gasteiger charge is -2.11. The van der Waals surface area contributed by atoms with Gasteiger partial charge in [-0.15, -0.1) is 5.10 Å². The molecule has 0 spiro atoms. The molecule has 8 heteroatoms. The van der Waals surface area contributed by atoms with E-state index in [1.54, 1.807) is 30.5 Å². The van der Waals surface area contributed by atoms with Gasteiger partial charge in [0.2, 0.25) is 16.0 Å². The van der Waals surface area contributed by atoms with E-state index in [0.29, 0.717) is 17.3 Å². The van der Waals surface area contributed by atoms with Gasteiger partial charge in [-0.2, -0.15) is 4.98 Å². The third-order valence-electron chi connectivity index (χ3n) is 4.45. The number of para-hydroxylation sites is 1.